The highest BCUT2D eigenvalue weighted by molar-refractivity contribution is 9.09. The van der Waals surface area contributed by atoms with Gasteiger partial charge in [-0.25, -0.2) is 8.78 Å². The Morgan fingerprint density at radius 3 is 2.21 bits per heavy atom. The predicted molar refractivity (Wildman–Crippen MR) is 77.5 cm³/mol. The number of hydrogen-bond acceptors (Lipinski definition) is 0. The third-order valence-corrected chi connectivity index (χ3v) is 4.04. The second kappa shape index (κ2) is 6.80. The number of alkyl halides is 1. The number of benzene rings is 2. The summed E-state index contributed by atoms with van der Waals surface area (Å²) in [5, 5.41) is 0.790. The Morgan fingerprint density at radius 2 is 1.58 bits per heavy atom. The maximum absolute atomic E-state index is 13.6. The van der Waals surface area contributed by atoms with Gasteiger partial charge < -0.3 is 0 Å². The molecule has 19 heavy (non-hydrogen) atoms. The standard InChI is InChI=1S/C16H15BrF2/c17-11-13(9-12-5-7-15(18)8-6-12)10-14-3-1-2-4-16(14)19/h1-8,13H,9-11H2. The molecule has 0 nitrogen and oxygen atoms in total. The maximum atomic E-state index is 13.6. The van der Waals surface area contributed by atoms with Crippen LogP contribution in [-0.4, -0.2) is 5.33 Å². The largest absolute Gasteiger partial charge is 0.207 e. The molecule has 2 aromatic rings. The quantitative estimate of drug-likeness (QED) is 0.695. The molecule has 0 aliphatic carbocycles. The van der Waals surface area contributed by atoms with Crippen LogP contribution in [0.15, 0.2) is 48.5 Å². The Labute approximate surface area is 120 Å². The molecule has 100 valence electrons. The lowest BCUT2D eigenvalue weighted by molar-refractivity contribution is 0.549. The van der Waals surface area contributed by atoms with Crippen LogP contribution < -0.4 is 0 Å². The average Bonchev–Trinajstić information content (AvgIpc) is 2.43. The molecule has 0 spiro atoms. The van der Waals surface area contributed by atoms with Gasteiger partial charge in [0.2, 0.25) is 0 Å². The molecule has 0 aliphatic heterocycles. The third kappa shape index (κ3) is 4.13. The Balaban J connectivity index is 2.05. The molecular weight excluding hydrogens is 310 g/mol. The SMILES string of the molecule is Fc1ccc(CC(CBr)Cc2ccccc2F)cc1. The van der Waals surface area contributed by atoms with E-state index in [-0.39, 0.29) is 11.6 Å². The molecule has 0 aliphatic rings. The van der Waals surface area contributed by atoms with Crippen molar-refractivity contribution < 1.29 is 8.78 Å². The van der Waals surface area contributed by atoms with Crippen molar-refractivity contribution >= 4 is 15.9 Å². The summed E-state index contributed by atoms with van der Waals surface area (Å²) in [6.45, 7) is 0. The van der Waals surface area contributed by atoms with Crippen molar-refractivity contribution in [2.45, 2.75) is 12.8 Å². The van der Waals surface area contributed by atoms with Gasteiger partial charge in [0.05, 0.1) is 0 Å². The van der Waals surface area contributed by atoms with Crippen LogP contribution >= 0.6 is 15.9 Å². The van der Waals surface area contributed by atoms with Crippen molar-refractivity contribution in [3.63, 3.8) is 0 Å². The molecule has 0 aromatic heterocycles. The van der Waals surface area contributed by atoms with Crippen LogP contribution in [0.4, 0.5) is 8.78 Å². The van der Waals surface area contributed by atoms with Crippen molar-refractivity contribution in [1.29, 1.82) is 0 Å². The molecule has 0 heterocycles. The normalized spacial score (nSPS) is 12.4. The van der Waals surface area contributed by atoms with E-state index in [1.807, 2.05) is 12.1 Å². The average molecular weight is 325 g/mol. The lowest BCUT2D eigenvalue weighted by Gasteiger charge is -2.14. The molecule has 0 N–H and O–H groups in total. The van der Waals surface area contributed by atoms with E-state index in [0.29, 0.717) is 12.3 Å². The van der Waals surface area contributed by atoms with Crippen LogP contribution in [0.1, 0.15) is 11.1 Å². The van der Waals surface area contributed by atoms with Crippen LogP contribution in [0.25, 0.3) is 0 Å². The van der Waals surface area contributed by atoms with Gasteiger partial charge in [-0.2, -0.15) is 0 Å². The number of hydrogen-bond donors (Lipinski definition) is 0. The van der Waals surface area contributed by atoms with Crippen molar-refractivity contribution in [1.82, 2.24) is 0 Å². The molecule has 0 saturated carbocycles. The zero-order valence-electron chi connectivity index (χ0n) is 10.5. The van der Waals surface area contributed by atoms with E-state index in [4.69, 9.17) is 0 Å². The van der Waals surface area contributed by atoms with Crippen LogP contribution in [0.3, 0.4) is 0 Å². The molecule has 2 rings (SSSR count). The summed E-state index contributed by atoms with van der Waals surface area (Å²) in [7, 11) is 0. The summed E-state index contributed by atoms with van der Waals surface area (Å²) >= 11 is 3.47. The molecule has 0 bridgehead atoms. The van der Waals surface area contributed by atoms with E-state index >= 15 is 0 Å². The van der Waals surface area contributed by atoms with E-state index in [2.05, 4.69) is 15.9 Å². The molecule has 0 radical (unpaired) electrons. The van der Waals surface area contributed by atoms with Crippen LogP contribution in [0.2, 0.25) is 0 Å². The smallest absolute Gasteiger partial charge is 0.126 e. The molecule has 1 atom stereocenters. The zero-order valence-corrected chi connectivity index (χ0v) is 12.0. The van der Waals surface area contributed by atoms with Gasteiger partial charge in [0.1, 0.15) is 11.6 Å². The van der Waals surface area contributed by atoms with Gasteiger partial charge in [0.15, 0.2) is 0 Å². The monoisotopic (exact) mass is 324 g/mol. The summed E-state index contributed by atoms with van der Waals surface area (Å²) in [6.07, 6.45) is 1.48. The van der Waals surface area contributed by atoms with Gasteiger partial charge in [0.25, 0.3) is 0 Å². The first-order valence-corrected chi connectivity index (χ1v) is 7.35. The fourth-order valence-corrected chi connectivity index (χ4v) is 2.57. The fourth-order valence-electron chi connectivity index (χ4n) is 2.11. The lowest BCUT2D eigenvalue weighted by atomic mass is 9.94. The van der Waals surface area contributed by atoms with E-state index in [1.165, 1.54) is 18.2 Å². The van der Waals surface area contributed by atoms with Crippen molar-refractivity contribution in [3.05, 3.63) is 71.3 Å². The number of halogens is 3. The molecule has 0 fully saturated rings. The zero-order chi connectivity index (χ0) is 13.7. The van der Waals surface area contributed by atoms with Gasteiger partial charge in [-0.1, -0.05) is 46.3 Å². The first-order valence-electron chi connectivity index (χ1n) is 6.23. The van der Waals surface area contributed by atoms with E-state index in [1.54, 1.807) is 18.2 Å². The predicted octanol–water partition coefficient (Wildman–Crippen LogP) is 4.76. The topological polar surface area (TPSA) is 0 Å². The van der Waals surface area contributed by atoms with Crippen LogP contribution in [-0.2, 0) is 12.8 Å². The molecule has 0 saturated heterocycles. The minimum Gasteiger partial charge on any atom is -0.207 e. The number of rotatable bonds is 5. The van der Waals surface area contributed by atoms with Crippen molar-refractivity contribution in [3.8, 4) is 0 Å². The van der Waals surface area contributed by atoms with Gasteiger partial charge in [-0.3, -0.25) is 0 Å². The van der Waals surface area contributed by atoms with Gasteiger partial charge in [-0.15, -0.1) is 0 Å². The first kappa shape index (κ1) is 14.2. The Hall–Kier alpha value is -1.22. The summed E-state index contributed by atoms with van der Waals surface area (Å²) in [5.41, 5.74) is 1.80. The summed E-state index contributed by atoms with van der Waals surface area (Å²) < 4.78 is 26.5. The van der Waals surface area contributed by atoms with Gasteiger partial charge in [0, 0.05) is 5.33 Å². The highest BCUT2D eigenvalue weighted by atomic mass is 79.9. The van der Waals surface area contributed by atoms with Crippen molar-refractivity contribution in [2.24, 2.45) is 5.92 Å². The summed E-state index contributed by atoms with van der Waals surface area (Å²) in [6, 6.07) is 13.3. The maximum Gasteiger partial charge on any atom is 0.126 e. The first-order chi connectivity index (χ1) is 9.19. The highest BCUT2D eigenvalue weighted by Crippen LogP contribution is 2.19. The van der Waals surface area contributed by atoms with E-state index < -0.39 is 0 Å². The summed E-state index contributed by atoms with van der Waals surface area (Å²) in [5.74, 6) is -0.0943. The molecule has 2 aromatic carbocycles. The molecule has 0 amide bonds. The second-order valence-electron chi connectivity index (χ2n) is 4.65. The van der Waals surface area contributed by atoms with Gasteiger partial charge in [-0.05, 0) is 48.1 Å². The van der Waals surface area contributed by atoms with Gasteiger partial charge >= 0.3 is 0 Å². The molecule has 3 heteroatoms. The molecule has 1 unspecified atom stereocenters. The highest BCUT2D eigenvalue weighted by Gasteiger charge is 2.12. The Morgan fingerprint density at radius 1 is 0.895 bits per heavy atom. The minimum atomic E-state index is -0.228. The second-order valence-corrected chi connectivity index (χ2v) is 5.29. The van der Waals surface area contributed by atoms with Crippen LogP contribution in [0.5, 0.6) is 0 Å². The lowest BCUT2D eigenvalue weighted by Crippen LogP contribution is -2.11. The summed E-state index contributed by atoms with van der Waals surface area (Å²) in [4.78, 5) is 0. The Kier molecular flexibility index (Phi) is 5.08. The van der Waals surface area contributed by atoms with Crippen LogP contribution in [0, 0.1) is 17.6 Å². The molecular formula is C16H15BrF2. The minimum absolute atomic E-state index is 0.160. The van der Waals surface area contributed by atoms with E-state index in [9.17, 15) is 8.78 Å². The third-order valence-electron chi connectivity index (χ3n) is 3.12. The fraction of sp³-hybridized carbons (Fsp3) is 0.250. The Bertz CT molecular complexity index is 523. The van der Waals surface area contributed by atoms with E-state index in [0.717, 1.165) is 22.9 Å². The van der Waals surface area contributed by atoms with Crippen molar-refractivity contribution in [2.75, 3.05) is 5.33 Å².